The summed E-state index contributed by atoms with van der Waals surface area (Å²) < 4.78 is 4.89. The summed E-state index contributed by atoms with van der Waals surface area (Å²) in [7, 11) is 0. The molecule has 2 heteroatoms. The van der Waals surface area contributed by atoms with Crippen molar-refractivity contribution >= 4 is 5.97 Å². The fourth-order valence-corrected chi connectivity index (χ4v) is 1.000. The smallest absolute Gasteiger partial charge is 0.305 e. The molecule has 0 unspecified atom stereocenters. The van der Waals surface area contributed by atoms with Gasteiger partial charge in [0, 0.05) is 12.8 Å². The molecule has 0 aliphatic heterocycles. The Bertz CT molecular complexity index is 254. The molecule has 1 radical (unpaired) electrons. The molecule has 1 rings (SSSR count). The number of ether oxygens (including phenoxy) is 1. The Kier molecular flexibility index (Phi) is 4.03. The van der Waals surface area contributed by atoms with Gasteiger partial charge in [0.2, 0.25) is 0 Å². The number of carbonyl (C=O) groups is 1. The van der Waals surface area contributed by atoms with Crippen molar-refractivity contribution in [2.75, 3.05) is 6.61 Å². The Morgan fingerprint density at radius 1 is 1.31 bits per heavy atom. The fraction of sp³-hybridized carbons (Fsp3) is 0.273. The van der Waals surface area contributed by atoms with Crippen LogP contribution in [0, 0.1) is 6.92 Å². The maximum absolute atomic E-state index is 10.7. The minimum absolute atomic E-state index is 0.203. The lowest BCUT2D eigenvalue weighted by atomic mass is 10.2. The van der Waals surface area contributed by atoms with E-state index in [1.165, 1.54) is 5.56 Å². The van der Waals surface area contributed by atoms with Crippen LogP contribution in [-0.2, 0) is 16.0 Å². The maximum atomic E-state index is 10.7. The molecule has 0 heterocycles. The second kappa shape index (κ2) is 5.36. The van der Waals surface area contributed by atoms with E-state index in [9.17, 15) is 4.79 Å². The average Bonchev–Trinajstić information content (AvgIpc) is 2.19. The first kappa shape index (κ1) is 9.78. The normalized spacial score (nSPS) is 9.62. The molecule has 0 amide bonds. The van der Waals surface area contributed by atoms with Gasteiger partial charge in [-0.3, -0.25) is 4.79 Å². The van der Waals surface area contributed by atoms with E-state index < -0.39 is 0 Å². The van der Waals surface area contributed by atoms with Gasteiger partial charge in [0.25, 0.3) is 0 Å². The van der Waals surface area contributed by atoms with E-state index in [2.05, 4.69) is 6.92 Å². The van der Waals surface area contributed by atoms with Crippen molar-refractivity contribution in [3.05, 3.63) is 42.8 Å². The van der Waals surface area contributed by atoms with Crippen LogP contribution in [0.4, 0.5) is 0 Å². The van der Waals surface area contributed by atoms with Crippen LogP contribution in [0.2, 0.25) is 0 Å². The van der Waals surface area contributed by atoms with Crippen LogP contribution in [-0.4, -0.2) is 12.6 Å². The summed E-state index contributed by atoms with van der Waals surface area (Å²) in [5.41, 5.74) is 1.18. The Hall–Kier alpha value is -1.31. The standard InChI is InChI=1S/C11H13O2/c1-2-11(12)13-9-8-10-6-4-3-5-7-10/h3-7H,1-2,8-9H2. The zero-order chi connectivity index (χ0) is 9.52. The van der Waals surface area contributed by atoms with Crippen molar-refractivity contribution in [1.82, 2.24) is 0 Å². The molecule has 0 saturated carbocycles. The van der Waals surface area contributed by atoms with Gasteiger partial charge in [-0.1, -0.05) is 30.3 Å². The minimum Gasteiger partial charge on any atom is -0.465 e. The van der Waals surface area contributed by atoms with Crippen LogP contribution < -0.4 is 0 Å². The molecule has 1 aromatic rings. The Balaban J connectivity index is 2.24. The molecule has 0 aliphatic rings. The van der Waals surface area contributed by atoms with E-state index in [4.69, 9.17) is 4.74 Å². The van der Waals surface area contributed by atoms with Gasteiger partial charge in [-0.2, -0.15) is 0 Å². The second-order valence-electron chi connectivity index (χ2n) is 2.71. The highest BCUT2D eigenvalue weighted by molar-refractivity contribution is 5.69. The monoisotopic (exact) mass is 177 g/mol. The number of hydrogen-bond acceptors (Lipinski definition) is 2. The van der Waals surface area contributed by atoms with Crippen molar-refractivity contribution in [1.29, 1.82) is 0 Å². The molecule has 0 N–H and O–H groups in total. The second-order valence-corrected chi connectivity index (χ2v) is 2.71. The van der Waals surface area contributed by atoms with Gasteiger partial charge >= 0.3 is 5.97 Å². The Morgan fingerprint density at radius 2 is 2.00 bits per heavy atom. The van der Waals surface area contributed by atoms with Gasteiger partial charge in [0.1, 0.15) is 0 Å². The zero-order valence-corrected chi connectivity index (χ0v) is 7.53. The summed E-state index contributed by atoms with van der Waals surface area (Å²) in [5.74, 6) is -0.240. The summed E-state index contributed by atoms with van der Waals surface area (Å²) in [6.07, 6.45) is 0.974. The van der Waals surface area contributed by atoms with Crippen LogP contribution in [0.3, 0.4) is 0 Å². The molecule has 0 aromatic heterocycles. The van der Waals surface area contributed by atoms with E-state index >= 15 is 0 Å². The number of rotatable bonds is 4. The van der Waals surface area contributed by atoms with Crippen LogP contribution in [0.15, 0.2) is 30.3 Å². The van der Waals surface area contributed by atoms with Gasteiger partial charge in [0.15, 0.2) is 0 Å². The molecule has 0 bridgehead atoms. The third-order valence-electron chi connectivity index (χ3n) is 1.70. The third-order valence-corrected chi connectivity index (χ3v) is 1.70. The van der Waals surface area contributed by atoms with Crippen molar-refractivity contribution in [3.8, 4) is 0 Å². The zero-order valence-electron chi connectivity index (χ0n) is 7.53. The SMILES string of the molecule is [CH2]CC(=O)OCCc1ccccc1. The molecule has 0 fully saturated rings. The number of carbonyl (C=O) groups excluding carboxylic acids is 1. The molecule has 0 saturated heterocycles. The van der Waals surface area contributed by atoms with Crippen molar-refractivity contribution < 1.29 is 9.53 Å². The third kappa shape index (κ3) is 3.74. The summed E-state index contributed by atoms with van der Waals surface area (Å²) in [5, 5.41) is 0. The predicted molar refractivity (Wildman–Crippen MR) is 51.1 cm³/mol. The van der Waals surface area contributed by atoms with E-state index in [1.54, 1.807) is 0 Å². The lowest BCUT2D eigenvalue weighted by Gasteiger charge is -2.02. The maximum Gasteiger partial charge on any atom is 0.305 e. The Morgan fingerprint density at radius 3 is 2.62 bits per heavy atom. The quantitative estimate of drug-likeness (QED) is 0.657. The lowest BCUT2D eigenvalue weighted by molar-refractivity contribution is -0.142. The van der Waals surface area contributed by atoms with E-state index in [1.807, 2.05) is 30.3 Å². The first-order chi connectivity index (χ1) is 6.33. The summed E-state index contributed by atoms with van der Waals surface area (Å²) in [4.78, 5) is 10.7. The number of esters is 1. The van der Waals surface area contributed by atoms with Gasteiger partial charge in [-0.25, -0.2) is 0 Å². The molecular weight excluding hydrogens is 164 g/mol. The first-order valence-electron chi connectivity index (χ1n) is 4.31. The Labute approximate surface area is 78.5 Å². The van der Waals surface area contributed by atoms with Gasteiger partial charge < -0.3 is 4.74 Å². The fourth-order valence-electron chi connectivity index (χ4n) is 1.000. The predicted octanol–water partition coefficient (Wildman–Crippen LogP) is 2.00. The number of benzene rings is 1. The van der Waals surface area contributed by atoms with Gasteiger partial charge in [-0.15, -0.1) is 0 Å². The van der Waals surface area contributed by atoms with Crippen molar-refractivity contribution in [2.45, 2.75) is 12.8 Å². The van der Waals surface area contributed by atoms with E-state index in [0.29, 0.717) is 6.61 Å². The average molecular weight is 177 g/mol. The lowest BCUT2D eigenvalue weighted by Crippen LogP contribution is -2.05. The molecular formula is C11H13O2. The van der Waals surface area contributed by atoms with Crippen LogP contribution >= 0.6 is 0 Å². The molecule has 69 valence electrons. The highest BCUT2D eigenvalue weighted by Gasteiger charge is 1.97. The highest BCUT2D eigenvalue weighted by Crippen LogP contribution is 1.99. The number of hydrogen-bond donors (Lipinski definition) is 0. The molecule has 0 aliphatic carbocycles. The highest BCUT2D eigenvalue weighted by atomic mass is 16.5. The summed E-state index contributed by atoms with van der Waals surface area (Å²) in [6.45, 7) is 3.88. The van der Waals surface area contributed by atoms with E-state index in [0.717, 1.165) is 6.42 Å². The summed E-state index contributed by atoms with van der Waals surface area (Å²) in [6, 6.07) is 9.93. The molecule has 2 nitrogen and oxygen atoms in total. The van der Waals surface area contributed by atoms with Gasteiger partial charge in [-0.05, 0) is 12.5 Å². The molecule has 1 aromatic carbocycles. The van der Waals surface area contributed by atoms with Gasteiger partial charge in [0.05, 0.1) is 6.61 Å². The topological polar surface area (TPSA) is 26.3 Å². The van der Waals surface area contributed by atoms with Crippen molar-refractivity contribution in [3.63, 3.8) is 0 Å². The molecule has 0 atom stereocenters. The van der Waals surface area contributed by atoms with Crippen LogP contribution in [0.25, 0.3) is 0 Å². The molecule has 0 spiro atoms. The van der Waals surface area contributed by atoms with E-state index in [-0.39, 0.29) is 12.4 Å². The summed E-state index contributed by atoms with van der Waals surface area (Å²) >= 11 is 0. The van der Waals surface area contributed by atoms with Crippen LogP contribution in [0.1, 0.15) is 12.0 Å². The van der Waals surface area contributed by atoms with Crippen molar-refractivity contribution in [2.24, 2.45) is 0 Å². The molecule has 13 heavy (non-hydrogen) atoms. The largest absolute Gasteiger partial charge is 0.465 e. The van der Waals surface area contributed by atoms with Crippen LogP contribution in [0.5, 0.6) is 0 Å². The minimum atomic E-state index is -0.240. The first-order valence-corrected chi connectivity index (χ1v) is 4.31.